The Balaban J connectivity index is 1.62. The summed E-state index contributed by atoms with van der Waals surface area (Å²) in [6, 6.07) is 11.4. The molecule has 0 aliphatic heterocycles. The summed E-state index contributed by atoms with van der Waals surface area (Å²) in [4.78, 5) is 21.0. The lowest BCUT2D eigenvalue weighted by Crippen LogP contribution is -2.26. The zero-order chi connectivity index (χ0) is 17.6. The smallest absolute Gasteiger partial charge is 0.276 e. The standard InChI is InChI=1S/C18H22N6O/c1-14-16(13-19-11-12-22-18-20-9-6-10-21-18)17(25)24(23(14)2)15-7-4-3-5-8-15/h3-10,19H,11-13H2,1-2H3,(H,20,21,22). The van der Waals surface area contributed by atoms with Crippen molar-refractivity contribution in [1.29, 1.82) is 0 Å². The molecule has 2 N–H and O–H groups in total. The van der Waals surface area contributed by atoms with E-state index < -0.39 is 0 Å². The molecule has 0 radical (unpaired) electrons. The fraction of sp³-hybridized carbons (Fsp3) is 0.278. The minimum atomic E-state index is 0.0121. The van der Waals surface area contributed by atoms with E-state index in [1.54, 1.807) is 23.1 Å². The molecular weight excluding hydrogens is 316 g/mol. The van der Waals surface area contributed by atoms with Crippen molar-refractivity contribution in [3.63, 3.8) is 0 Å². The van der Waals surface area contributed by atoms with E-state index in [1.165, 1.54) is 0 Å². The number of hydrogen-bond donors (Lipinski definition) is 2. The van der Waals surface area contributed by atoms with Crippen LogP contribution in [-0.4, -0.2) is 32.4 Å². The summed E-state index contributed by atoms with van der Waals surface area (Å²) in [6.07, 6.45) is 3.39. The Hall–Kier alpha value is -2.93. The lowest BCUT2D eigenvalue weighted by molar-refractivity contribution is 0.629. The fourth-order valence-electron chi connectivity index (χ4n) is 2.69. The monoisotopic (exact) mass is 338 g/mol. The first-order chi connectivity index (χ1) is 12.2. The van der Waals surface area contributed by atoms with Crippen LogP contribution in [0.5, 0.6) is 0 Å². The average Bonchev–Trinajstić information content (AvgIpc) is 2.86. The molecule has 25 heavy (non-hydrogen) atoms. The van der Waals surface area contributed by atoms with Crippen LogP contribution in [0.2, 0.25) is 0 Å². The van der Waals surface area contributed by atoms with Crippen LogP contribution in [0, 0.1) is 6.92 Å². The summed E-state index contributed by atoms with van der Waals surface area (Å²) < 4.78 is 3.59. The van der Waals surface area contributed by atoms with Gasteiger partial charge in [-0.2, -0.15) is 0 Å². The van der Waals surface area contributed by atoms with Crippen LogP contribution < -0.4 is 16.2 Å². The van der Waals surface area contributed by atoms with Gasteiger partial charge < -0.3 is 10.6 Å². The largest absolute Gasteiger partial charge is 0.353 e. The Morgan fingerprint density at radius 1 is 1.04 bits per heavy atom. The molecule has 0 spiro atoms. The minimum Gasteiger partial charge on any atom is -0.353 e. The van der Waals surface area contributed by atoms with E-state index in [9.17, 15) is 4.79 Å². The number of hydrogen-bond acceptors (Lipinski definition) is 5. The van der Waals surface area contributed by atoms with E-state index in [0.717, 1.165) is 16.9 Å². The quantitative estimate of drug-likeness (QED) is 0.638. The molecule has 0 bridgehead atoms. The van der Waals surface area contributed by atoms with Crippen molar-refractivity contribution in [2.75, 3.05) is 18.4 Å². The highest BCUT2D eigenvalue weighted by Crippen LogP contribution is 2.09. The van der Waals surface area contributed by atoms with Crippen molar-refractivity contribution >= 4 is 5.95 Å². The van der Waals surface area contributed by atoms with E-state index in [-0.39, 0.29) is 5.56 Å². The van der Waals surface area contributed by atoms with Gasteiger partial charge in [-0.15, -0.1) is 0 Å². The molecule has 2 aromatic heterocycles. The molecule has 130 valence electrons. The van der Waals surface area contributed by atoms with Crippen LogP contribution >= 0.6 is 0 Å². The van der Waals surface area contributed by atoms with Gasteiger partial charge in [0.2, 0.25) is 5.95 Å². The number of rotatable bonds is 7. The number of para-hydroxylation sites is 1. The maximum absolute atomic E-state index is 12.8. The van der Waals surface area contributed by atoms with Crippen molar-refractivity contribution in [1.82, 2.24) is 24.6 Å². The van der Waals surface area contributed by atoms with Gasteiger partial charge in [0, 0.05) is 44.8 Å². The van der Waals surface area contributed by atoms with Gasteiger partial charge in [0.15, 0.2) is 0 Å². The molecule has 7 heteroatoms. The average molecular weight is 338 g/mol. The topological polar surface area (TPSA) is 76.8 Å². The number of benzene rings is 1. The van der Waals surface area contributed by atoms with Crippen molar-refractivity contribution in [2.24, 2.45) is 7.05 Å². The Morgan fingerprint density at radius 3 is 2.48 bits per heavy atom. The lowest BCUT2D eigenvalue weighted by Gasteiger charge is -2.07. The second-order valence-corrected chi connectivity index (χ2v) is 5.72. The predicted octanol–water partition coefficient (Wildman–Crippen LogP) is 1.48. The van der Waals surface area contributed by atoms with E-state index in [1.807, 2.05) is 49.0 Å². The van der Waals surface area contributed by atoms with Gasteiger partial charge >= 0.3 is 0 Å². The second-order valence-electron chi connectivity index (χ2n) is 5.72. The number of anilines is 1. The molecule has 0 aliphatic rings. The summed E-state index contributed by atoms with van der Waals surface area (Å²) >= 11 is 0. The van der Waals surface area contributed by atoms with Crippen molar-refractivity contribution in [3.05, 3.63) is 70.4 Å². The van der Waals surface area contributed by atoms with Gasteiger partial charge in [0.25, 0.3) is 5.56 Å². The number of nitrogens with zero attached hydrogens (tertiary/aromatic N) is 4. The van der Waals surface area contributed by atoms with E-state index in [2.05, 4.69) is 20.6 Å². The second kappa shape index (κ2) is 7.76. The summed E-state index contributed by atoms with van der Waals surface area (Å²) in [5.74, 6) is 0.603. The highest BCUT2D eigenvalue weighted by molar-refractivity contribution is 5.33. The van der Waals surface area contributed by atoms with Crippen LogP contribution in [-0.2, 0) is 13.6 Å². The van der Waals surface area contributed by atoms with Gasteiger partial charge in [0.05, 0.1) is 11.3 Å². The molecule has 7 nitrogen and oxygen atoms in total. The van der Waals surface area contributed by atoms with Crippen LogP contribution in [0.15, 0.2) is 53.6 Å². The first-order valence-corrected chi connectivity index (χ1v) is 8.23. The van der Waals surface area contributed by atoms with Gasteiger partial charge in [-0.1, -0.05) is 18.2 Å². The molecule has 0 unspecified atom stereocenters. The molecule has 1 aromatic carbocycles. The molecule has 0 saturated carbocycles. The van der Waals surface area contributed by atoms with Crippen molar-refractivity contribution < 1.29 is 0 Å². The van der Waals surface area contributed by atoms with Gasteiger partial charge in [0.1, 0.15) is 0 Å². The molecule has 0 atom stereocenters. The van der Waals surface area contributed by atoms with E-state index in [0.29, 0.717) is 25.6 Å². The molecule has 0 saturated heterocycles. The molecule has 3 aromatic rings. The minimum absolute atomic E-state index is 0.0121. The predicted molar refractivity (Wildman–Crippen MR) is 98.0 cm³/mol. The molecule has 0 amide bonds. The summed E-state index contributed by atoms with van der Waals surface area (Å²) in [5, 5.41) is 6.43. The van der Waals surface area contributed by atoms with Crippen LogP contribution in [0.1, 0.15) is 11.3 Å². The van der Waals surface area contributed by atoms with Crippen molar-refractivity contribution in [3.8, 4) is 5.69 Å². The molecule has 0 aliphatic carbocycles. The first kappa shape index (κ1) is 16.9. The Bertz CT molecular complexity index is 870. The normalized spacial score (nSPS) is 10.8. The first-order valence-electron chi connectivity index (χ1n) is 8.23. The summed E-state index contributed by atoms with van der Waals surface area (Å²) in [7, 11) is 1.90. The van der Waals surface area contributed by atoms with Gasteiger partial charge in [-0.3, -0.25) is 9.48 Å². The molecular formula is C18H22N6O. The number of aromatic nitrogens is 4. The zero-order valence-corrected chi connectivity index (χ0v) is 14.4. The SMILES string of the molecule is Cc1c(CNCCNc2ncccn2)c(=O)n(-c2ccccc2)n1C. The highest BCUT2D eigenvalue weighted by Gasteiger charge is 2.15. The maximum atomic E-state index is 12.8. The maximum Gasteiger partial charge on any atom is 0.276 e. The van der Waals surface area contributed by atoms with Gasteiger partial charge in [-0.25, -0.2) is 14.6 Å². The van der Waals surface area contributed by atoms with Crippen LogP contribution in [0.4, 0.5) is 5.95 Å². The highest BCUT2D eigenvalue weighted by atomic mass is 16.1. The van der Waals surface area contributed by atoms with E-state index >= 15 is 0 Å². The molecule has 2 heterocycles. The summed E-state index contributed by atoms with van der Waals surface area (Å²) in [5.41, 5.74) is 2.62. The zero-order valence-electron chi connectivity index (χ0n) is 14.4. The summed E-state index contributed by atoms with van der Waals surface area (Å²) in [6.45, 7) is 3.88. The third-order valence-corrected chi connectivity index (χ3v) is 4.13. The van der Waals surface area contributed by atoms with Gasteiger partial charge in [-0.05, 0) is 25.1 Å². The van der Waals surface area contributed by atoms with Crippen LogP contribution in [0.25, 0.3) is 5.69 Å². The fourth-order valence-corrected chi connectivity index (χ4v) is 2.69. The molecule has 0 fully saturated rings. The Morgan fingerprint density at radius 2 is 1.76 bits per heavy atom. The third kappa shape index (κ3) is 3.77. The Labute approximate surface area is 146 Å². The third-order valence-electron chi connectivity index (χ3n) is 4.13. The number of nitrogens with one attached hydrogen (secondary N) is 2. The lowest BCUT2D eigenvalue weighted by atomic mass is 10.2. The Kier molecular flexibility index (Phi) is 5.25. The molecule has 3 rings (SSSR count). The van der Waals surface area contributed by atoms with Crippen molar-refractivity contribution in [2.45, 2.75) is 13.5 Å². The van der Waals surface area contributed by atoms with Crippen LogP contribution in [0.3, 0.4) is 0 Å². The van der Waals surface area contributed by atoms with E-state index in [4.69, 9.17) is 0 Å².